The number of amides is 2. The summed E-state index contributed by atoms with van der Waals surface area (Å²) in [5.74, 6) is 0.321. The smallest absolute Gasteiger partial charge is 0.261 e. The molecule has 1 aromatic heterocycles. The largest absolute Gasteiger partial charge is 0.496 e. The van der Waals surface area contributed by atoms with Crippen LogP contribution in [0.5, 0.6) is 5.75 Å². The van der Waals surface area contributed by atoms with Crippen molar-refractivity contribution < 1.29 is 14.3 Å². The number of benzene rings is 1. The molecule has 24 heavy (non-hydrogen) atoms. The summed E-state index contributed by atoms with van der Waals surface area (Å²) >= 11 is 4.76. The molecule has 0 bridgehead atoms. The molecule has 0 spiro atoms. The first-order valence-electron chi connectivity index (χ1n) is 7.21. The minimum Gasteiger partial charge on any atom is -0.496 e. The van der Waals surface area contributed by atoms with Crippen LogP contribution >= 0.6 is 27.3 Å². The lowest BCUT2D eigenvalue weighted by Gasteiger charge is -2.06. The third kappa shape index (κ3) is 5.50. The zero-order chi connectivity index (χ0) is 17.4. The van der Waals surface area contributed by atoms with E-state index in [1.54, 1.807) is 19.3 Å². The van der Waals surface area contributed by atoms with Gasteiger partial charge in [0, 0.05) is 29.2 Å². The van der Waals surface area contributed by atoms with E-state index in [0.29, 0.717) is 23.7 Å². The van der Waals surface area contributed by atoms with E-state index in [-0.39, 0.29) is 11.8 Å². The molecule has 126 valence electrons. The van der Waals surface area contributed by atoms with Gasteiger partial charge in [-0.3, -0.25) is 9.59 Å². The second-order valence-electron chi connectivity index (χ2n) is 4.74. The first-order chi connectivity index (χ1) is 11.6. The molecule has 2 N–H and O–H groups in total. The number of ether oxygens (including phenoxy) is 1. The highest BCUT2D eigenvalue weighted by atomic mass is 79.9. The molecular formula is C17H17BrN2O3S. The van der Waals surface area contributed by atoms with Crippen LogP contribution in [0.25, 0.3) is 6.08 Å². The number of carbonyl (C=O) groups is 2. The second-order valence-corrected chi connectivity index (χ2v) is 6.61. The molecule has 0 saturated carbocycles. The molecule has 5 nitrogen and oxygen atoms in total. The summed E-state index contributed by atoms with van der Waals surface area (Å²) in [5, 5.41) is 7.31. The monoisotopic (exact) mass is 408 g/mol. The van der Waals surface area contributed by atoms with Gasteiger partial charge in [0.15, 0.2) is 0 Å². The Balaban J connectivity index is 1.77. The van der Waals surface area contributed by atoms with Crippen molar-refractivity contribution in [1.29, 1.82) is 0 Å². The molecule has 0 radical (unpaired) electrons. The average Bonchev–Trinajstić information content (AvgIpc) is 3.11. The quantitative estimate of drug-likeness (QED) is 0.546. The van der Waals surface area contributed by atoms with Gasteiger partial charge >= 0.3 is 0 Å². The first kappa shape index (κ1) is 18.2. The molecule has 1 aromatic carbocycles. The van der Waals surface area contributed by atoms with Crippen LogP contribution in [-0.4, -0.2) is 32.0 Å². The number of hydrogen-bond donors (Lipinski definition) is 2. The van der Waals surface area contributed by atoms with E-state index in [2.05, 4.69) is 26.6 Å². The molecule has 0 aliphatic rings. The summed E-state index contributed by atoms with van der Waals surface area (Å²) in [6.45, 7) is 0.729. The molecule has 0 aliphatic carbocycles. The molecule has 7 heteroatoms. The van der Waals surface area contributed by atoms with Crippen molar-refractivity contribution in [3.05, 3.63) is 56.7 Å². The maximum atomic E-state index is 11.8. The normalized spacial score (nSPS) is 10.6. The summed E-state index contributed by atoms with van der Waals surface area (Å²) in [7, 11) is 1.58. The summed E-state index contributed by atoms with van der Waals surface area (Å²) in [4.78, 5) is 24.2. The van der Waals surface area contributed by atoms with E-state index < -0.39 is 0 Å². The van der Waals surface area contributed by atoms with Crippen molar-refractivity contribution in [2.45, 2.75) is 0 Å². The highest BCUT2D eigenvalue weighted by Gasteiger charge is 2.05. The van der Waals surface area contributed by atoms with Gasteiger partial charge in [0.25, 0.3) is 5.91 Å². The molecule has 2 aromatic rings. The van der Waals surface area contributed by atoms with Crippen LogP contribution in [0, 0.1) is 0 Å². The maximum absolute atomic E-state index is 11.8. The number of hydrogen-bond acceptors (Lipinski definition) is 4. The number of thiophene rings is 1. The fourth-order valence-electron chi connectivity index (χ4n) is 1.92. The van der Waals surface area contributed by atoms with Crippen molar-refractivity contribution in [3.8, 4) is 5.75 Å². The van der Waals surface area contributed by atoms with Gasteiger partial charge in [0.2, 0.25) is 5.91 Å². The van der Waals surface area contributed by atoms with Gasteiger partial charge in [-0.05, 0) is 35.7 Å². The number of halogens is 1. The molecule has 0 atom stereocenters. The maximum Gasteiger partial charge on any atom is 0.261 e. The van der Waals surface area contributed by atoms with Crippen molar-refractivity contribution >= 4 is 45.2 Å². The molecule has 2 rings (SSSR count). The Labute approximate surface area is 152 Å². The number of rotatable bonds is 7. The van der Waals surface area contributed by atoms with Crippen LogP contribution < -0.4 is 15.4 Å². The highest BCUT2D eigenvalue weighted by Crippen LogP contribution is 2.23. The minimum atomic E-state index is -0.234. The van der Waals surface area contributed by atoms with Gasteiger partial charge in [0.1, 0.15) is 5.75 Å². The lowest BCUT2D eigenvalue weighted by atomic mass is 10.2. The van der Waals surface area contributed by atoms with E-state index in [0.717, 1.165) is 10.0 Å². The molecule has 1 heterocycles. The van der Waals surface area contributed by atoms with Crippen LogP contribution in [0.2, 0.25) is 0 Å². The Morgan fingerprint density at radius 2 is 2.04 bits per heavy atom. The fraction of sp³-hybridized carbons (Fsp3) is 0.176. The Bertz CT molecular complexity index is 729. The van der Waals surface area contributed by atoms with E-state index in [1.807, 2.05) is 29.6 Å². The van der Waals surface area contributed by atoms with E-state index in [9.17, 15) is 9.59 Å². The topological polar surface area (TPSA) is 67.4 Å². The molecule has 0 saturated heterocycles. The van der Waals surface area contributed by atoms with Crippen molar-refractivity contribution in [2.75, 3.05) is 20.2 Å². The number of carbonyl (C=O) groups excluding carboxylic acids is 2. The SMILES string of the molecule is COc1ccc(Br)cc1/C=C/C(=O)NCCNC(=O)c1cccs1. The van der Waals surface area contributed by atoms with Gasteiger partial charge in [-0.15, -0.1) is 11.3 Å². The van der Waals surface area contributed by atoms with Crippen LogP contribution in [0.1, 0.15) is 15.2 Å². The predicted octanol–water partition coefficient (Wildman–Crippen LogP) is 3.08. The van der Waals surface area contributed by atoms with Crippen molar-refractivity contribution in [1.82, 2.24) is 10.6 Å². The van der Waals surface area contributed by atoms with E-state index >= 15 is 0 Å². The third-order valence-electron chi connectivity index (χ3n) is 3.06. The van der Waals surface area contributed by atoms with E-state index in [1.165, 1.54) is 17.4 Å². The summed E-state index contributed by atoms with van der Waals surface area (Å²) in [5.41, 5.74) is 0.799. The van der Waals surface area contributed by atoms with Crippen LogP contribution in [0.4, 0.5) is 0 Å². The van der Waals surface area contributed by atoms with Gasteiger partial charge in [-0.25, -0.2) is 0 Å². The first-order valence-corrected chi connectivity index (χ1v) is 8.88. The Morgan fingerprint density at radius 1 is 1.25 bits per heavy atom. The molecular weight excluding hydrogens is 392 g/mol. The molecule has 0 aliphatic heterocycles. The molecule has 0 unspecified atom stereocenters. The second kappa shape index (κ2) is 9.24. The van der Waals surface area contributed by atoms with Crippen molar-refractivity contribution in [3.63, 3.8) is 0 Å². The highest BCUT2D eigenvalue weighted by molar-refractivity contribution is 9.10. The lowest BCUT2D eigenvalue weighted by molar-refractivity contribution is -0.116. The molecule has 2 amide bonds. The fourth-order valence-corrected chi connectivity index (χ4v) is 2.94. The average molecular weight is 409 g/mol. The Hall–Kier alpha value is -2.12. The third-order valence-corrected chi connectivity index (χ3v) is 4.42. The van der Waals surface area contributed by atoms with Gasteiger partial charge in [-0.1, -0.05) is 22.0 Å². The molecule has 0 fully saturated rings. The van der Waals surface area contributed by atoms with Crippen LogP contribution in [0.3, 0.4) is 0 Å². The Morgan fingerprint density at radius 3 is 2.75 bits per heavy atom. The summed E-state index contributed by atoms with van der Waals surface area (Å²) < 4.78 is 6.15. The minimum absolute atomic E-state index is 0.131. The lowest BCUT2D eigenvalue weighted by Crippen LogP contribution is -2.33. The van der Waals surface area contributed by atoms with Gasteiger partial charge in [0.05, 0.1) is 12.0 Å². The number of methoxy groups -OCH3 is 1. The van der Waals surface area contributed by atoms with Crippen LogP contribution in [-0.2, 0) is 4.79 Å². The summed E-state index contributed by atoms with van der Waals surface area (Å²) in [6, 6.07) is 9.13. The predicted molar refractivity (Wildman–Crippen MR) is 99.4 cm³/mol. The summed E-state index contributed by atoms with van der Waals surface area (Å²) in [6.07, 6.45) is 3.12. The number of nitrogens with one attached hydrogen (secondary N) is 2. The van der Waals surface area contributed by atoms with Crippen LogP contribution in [0.15, 0.2) is 46.3 Å². The van der Waals surface area contributed by atoms with Gasteiger partial charge in [-0.2, -0.15) is 0 Å². The zero-order valence-corrected chi connectivity index (χ0v) is 15.4. The van der Waals surface area contributed by atoms with E-state index in [4.69, 9.17) is 4.74 Å². The zero-order valence-electron chi connectivity index (χ0n) is 13.0. The Kier molecular flexibility index (Phi) is 7.02. The standard InChI is InChI=1S/C17H17BrN2O3S/c1-23-14-6-5-13(18)11-12(14)4-7-16(21)19-8-9-20-17(22)15-3-2-10-24-15/h2-7,10-11H,8-9H2,1H3,(H,19,21)(H,20,22)/b7-4+. The van der Waals surface area contributed by atoms with Crippen molar-refractivity contribution in [2.24, 2.45) is 0 Å². The van der Waals surface area contributed by atoms with Gasteiger partial charge < -0.3 is 15.4 Å².